The minimum atomic E-state index is -0.397. The van der Waals surface area contributed by atoms with E-state index in [4.69, 9.17) is 4.74 Å². The van der Waals surface area contributed by atoms with Gasteiger partial charge in [-0.2, -0.15) is 0 Å². The van der Waals surface area contributed by atoms with Crippen molar-refractivity contribution in [3.8, 4) is 22.8 Å². The number of halogens is 1. The first-order valence-corrected chi connectivity index (χ1v) is 5.53. The summed E-state index contributed by atoms with van der Waals surface area (Å²) in [7, 11) is 0. The number of ether oxygens (including phenoxy) is 1. The van der Waals surface area contributed by atoms with Crippen LogP contribution in [0.2, 0.25) is 0 Å². The monoisotopic (exact) mass is 248 g/mol. The van der Waals surface area contributed by atoms with Crippen molar-refractivity contribution >= 4 is 0 Å². The van der Waals surface area contributed by atoms with Crippen LogP contribution < -0.4 is 4.74 Å². The van der Waals surface area contributed by atoms with E-state index in [-0.39, 0.29) is 12.0 Å². The molecule has 18 heavy (non-hydrogen) atoms. The topological polar surface area (TPSA) is 55.2 Å². The summed E-state index contributed by atoms with van der Waals surface area (Å²) in [4.78, 5) is 7.54. The molecule has 94 valence electrons. The highest BCUT2D eigenvalue weighted by atomic mass is 19.1. The third-order valence-electron chi connectivity index (χ3n) is 2.29. The van der Waals surface area contributed by atoms with E-state index in [0.29, 0.717) is 16.9 Å². The second kappa shape index (κ2) is 5.00. The Morgan fingerprint density at radius 3 is 2.72 bits per heavy atom. The quantitative estimate of drug-likeness (QED) is 0.907. The lowest BCUT2D eigenvalue weighted by molar-refractivity contribution is 0.242. The van der Waals surface area contributed by atoms with Crippen molar-refractivity contribution in [1.29, 1.82) is 0 Å². The highest BCUT2D eigenvalue weighted by molar-refractivity contribution is 5.73. The maximum absolute atomic E-state index is 13.2. The summed E-state index contributed by atoms with van der Waals surface area (Å²) in [6.45, 7) is 3.69. The van der Waals surface area contributed by atoms with E-state index < -0.39 is 5.82 Å². The Hall–Kier alpha value is -2.17. The van der Waals surface area contributed by atoms with Crippen molar-refractivity contribution in [2.75, 3.05) is 0 Å². The number of hydrogen-bond acceptors (Lipinski definition) is 4. The molecule has 0 bridgehead atoms. The number of nitrogens with zero attached hydrogens (tertiary/aromatic N) is 2. The Morgan fingerprint density at radius 1 is 1.28 bits per heavy atom. The van der Waals surface area contributed by atoms with E-state index in [9.17, 15) is 9.50 Å². The molecule has 1 aromatic carbocycles. The molecule has 0 unspecified atom stereocenters. The fourth-order valence-corrected chi connectivity index (χ4v) is 1.58. The summed E-state index contributed by atoms with van der Waals surface area (Å²) in [6.07, 6.45) is 2.60. The predicted octanol–water partition coefficient (Wildman–Crippen LogP) is 2.78. The number of aromatic hydroxyl groups is 1. The smallest absolute Gasteiger partial charge is 0.222 e. The summed E-state index contributed by atoms with van der Waals surface area (Å²) < 4.78 is 18.8. The Labute approximate surface area is 104 Å². The van der Waals surface area contributed by atoms with E-state index in [0.717, 1.165) is 0 Å². The second-order valence-corrected chi connectivity index (χ2v) is 4.07. The first-order chi connectivity index (χ1) is 8.58. The van der Waals surface area contributed by atoms with Gasteiger partial charge in [-0.05, 0) is 26.0 Å². The van der Waals surface area contributed by atoms with Crippen LogP contribution in [-0.4, -0.2) is 21.2 Å². The van der Waals surface area contributed by atoms with E-state index in [1.165, 1.54) is 30.7 Å². The summed E-state index contributed by atoms with van der Waals surface area (Å²) in [6, 6.07) is 4.11. The summed E-state index contributed by atoms with van der Waals surface area (Å²) in [5.74, 6) is -0.203. The zero-order valence-electron chi connectivity index (χ0n) is 10.1. The predicted molar refractivity (Wildman–Crippen MR) is 64.9 cm³/mol. The van der Waals surface area contributed by atoms with Gasteiger partial charge >= 0.3 is 0 Å². The van der Waals surface area contributed by atoms with Crippen molar-refractivity contribution < 1.29 is 14.2 Å². The standard InChI is InChI=1S/C13H13FN2O2/c1-8(2)18-12-5-9(14)3-4-10(12)11-6-15-7-16-13(11)17/h3-8H,1-2H3,(H,15,16,17). The van der Waals surface area contributed by atoms with Crippen molar-refractivity contribution in [2.45, 2.75) is 20.0 Å². The van der Waals surface area contributed by atoms with E-state index in [1.807, 2.05) is 13.8 Å². The number of aromatic nitrogens is 2. The molecule has 0 saturated heterocycles. The third kappa shape index (κ3) is 2.56. The van der Waals surface area contributed by atoms with Crippen LogP contribution in [0.4, 0.5) is 4.39 Å². The minimum absolute atomic E-state index is 0.0997. The average molecular weight is 248 g/mol. The molecule has 0 saturated carbocycles. The van der Waals surface area contributed by atoms with Gasteiger partial charge in [0.1, 0.15) is 17.9 Å². The van der Waals surface area contributed by atoms with Gasteiger partial charge in [-0.15, -0.1) is 0 Å². The normalized spacial score (nSPS) is 10.7. The largest absolute Gasteiger partial charge is 0.493 e. The highest BCUT2D eigenvalue weighted by Crippen LogP contribution is 2.34. The number of benzene rings is 1. The van der Waals surface area contributed by atoms with Crippen LogP contribution in [0, 0.1) is 5.82 Å². The summed E-state index contributed by atoms with van der Waals surface area (Å²) in [5.41, 5.74) is 0.969. The molecule has 0 aliphatic carbocycles. The molecule has 0 aliphatic heterocycles. The van der Waals surface area contributed by atoms with Crippen LogP contribution in [-0.2, 0) is 0 Å². The van der Waals surface area contributed by atoms with Crippen molar-refractivity contribution in [3.05, 3.63) is 36.5 Å². The third-order valence-corrected chi connectivity index (χ3v) is 2.29. The van der Waals surface area contributed by atoms with Crippen molar-refractivity contribution in [2.24, 2.45) is 0 Å². The molecule has 1 heterocycles. The SMILES string of the molecule is CC(C)Oc1cc(F)ccc1-c1cncnc1O. The van der Waals surface area contributed by atoms with Crippen molar-refractivity contribution in [1.82, 2.24) is 9.97 Å². The molecular formula is C13H13FN2O2. The number of hydrogen-bond donors (Lipinski definition) is 1. The molecule has 5 heteroatoms. The molecule has 0 radical (unpaired) electrons. The lowest BCUT2D eigenvalue weighted by atomic mass is 10.1. The molecule has 0 atom stereocenters. The molecule has 0 spiro atoms. The fourth-order valence-electron chi connectivity index (χ4n) is 1.58. The lowest BCUT2D eigenvalue weighted by Gasteiger charge is -2.14. The minimum Gasteiger partial charge on any atom is -0.493 e. The van der Waals surface area contributed by atoms with Gasteiger partial charge in [0.25, 0.3) is 0 Å². The van der Waals surface area contributed by atoms with E-state index >= 15 is 0 Å². The van der Waals surface area contributed by atoms with Gasteiger partial charge in [-0.25, -0.2) is 14.4 Å². The first-order valence-electron chi connectivity index (χ1n) is 5.53. The Bertz CT molecular complexity index is 558. The Kier molecular flexibility index (Phi) is 3.41. The van der Waals surface area contributed by atoms with Crippen LogP contribution in [0.25, 0.3) is 11.1 Å². The average Bonchev–Trinajstić information content (AvgIpc) is 2.30. The molecule has 2 aromatic rings. The van der Waals surface area contributed by atoms with Gasteiger partial charge in [-0.1, -0.05) is 0 Å². The molecule has 0 aliphatic rings. The van der Waals surface area contributed by atoms with Gasteiger partial charge in [0, 0.05) is 17.8 Å². The van der Waals surface area contributed by atoms with Gasteiger partial charge in [0.2, 0.25) is 5.88 Å². The van der Waals surface area contributed by atoms with Crippen molar-refractivity contribution in [3.63, 3.8) is 0 Å². The fraction of sp³-hybridized carbons (Fsp3) is 0.231. The molecular weight excluding hydrogens is 235 g/mol. The van der Waals surface area contributed by atoms with E-state index in [2.05, 4.69) is 9.97 Å². The molecule has 0 fully saturated rings. The van der Waals surface area contributed by atoms with E-state index in [1.54, 1.807) is 0 Å². The van der Waals surface area contributed by atoms with Crippen LogP contribution in [0.5, 0.6) is 11.6 Å². The van der Waals surface area contributed by atoms with Gasteiger partial charge in [0.15, 0.2) is 0 Å². The summed E-state index contributed by atoms with van der Waals surface area (Å²) >= 11 is 0. The van der Waals surface area contributed by atoms with Gasteiger partial charge in [-0.3, -0.25) is 0 Å². The molecule has 2 rings (SSSR count). The Morgan fingerprint density at radius 2 is 2.06 bits per heavy atom. The molecule has 0 amide bonds. The first kappa shape index (κ1) is 12.3. The zero-order chi connectivity index (χ0) is 13.1. The molecule has 1 N–H and O–H groups in total. The molecule has 4 nitrogen and oxygen atoms in total. The zero-order valence-corrected chi connectivity index (χ0v) is 10.1. The van der Waals surface area contributed by atoms with Crippen LogP contribution in [0.3, 0.4) is 0 Å². The van der Waals surface area contributed by atoms with Gasteiger partial charge < -0.3 is 9.84 Å². The Balaban J connectivity index is 2.53. The molecule has 1 aromatic heterocycles. The van der Waals surface area contributed by atoms with Crippen LogP contribution in [0.15, 0.2) is 30.7 Å². The van der Waals surface area contributed by atoms with Crippen LogP contribution >= 0.6 is 0 Å². The second-order valence-electron chi connectivity index (χ2n) is 4.07. The lowest BCUT2D eigenvalue weighted by Crippen LogP contribution is -2.07. The maximum atomic E-state index is 13.2. The highest BCUT2D eigenvalue weighted by Gasteiger charge is 2.13. The number of rotatable bonds is 3. The maximum Gasteiger partial charge on any atom is 0.222 e. The van der Waals surface area contributed by atoms with Gasteiger partial charge in [0.05, 0.1) is 11.7 Å². The summed E-state index contributed by atoms with van der Waals surface area (Å²) in [5, 5.41) is 9.69. The van der Waals surface area contributed by atoms with Crippen LogP contribution in [0.1, 0.15) is 13.8 Å².